The molecule has 0 heterocycles. The molecule has 1 aromatic carbocycles. The number of urea groups is 1. The first-order chi connectivity index (χ1) is 9.54. The predicted octanol–water partition coefficient (Wildman–Crippen LogP) is 0.918. The average Bonchev–Trinajstić information content (AvgIpc) is 2.44. The van der Waals surface area contributed by atoms with Crippen molar-refractivity contribution in [2.75, 3.05) is 12.0 Å². The molecule has 0 radical (unpaired) electrons. The molecular weight excluding hydrogens is 276 g/mol. The van der Waals surface area contributed by atoms with Crippen molar-refractivity contribution in [1.29, 1.82) is 0 Å². The number of nitrogens with one attached hydrogen (secondary N) is 2. The molecule has 2 N–H and O–H groups in total. The van der Waals surface area contributed by atoms with Crippen LogP contribution in [0.15, 0.2) is 30.3 Å². The Balaban J connectivity index is 2.51. The third-order valence-corrected chi connectivity index (χ3v) is 3.49. The molecule has 0 saturated heterocycles. The van der Waals surface area contributed by atoms with Crippen molar-refractivity contribution in [1.82, 2.24) is 10.6 Å². The predicted molar refractivity (Wildman–Crippen MR) is 78.3 cm³/mol. The van der Waals surface area contributed by atoms with Gasteiger partial charge in [-0.2, -0.15) is 11.8 Å². The van der Waals surface area contributed by atoms with Crippen LogP contribution >= 0.6 is 11.8 Å². The second-order valence-electron chi connectivity index (χ2n) is 4.40. The molecule has 0 saturated carbocycles. The van der Waals surface area contributed by atoms with E-state index in [1.807, 2.05) is 43.5 Å². The van der Waals surface area contributed by atoms with Crippen LogP contribution in [0.1, 0.15) is 24.9 Å². The van der Waals surface area contributed by atoms with Gasteiger partial charge in [0.2, 0.25) is 0 Å². The largest absolute Gasteiger partial charge is 0.548 e. The number of benzene rings is 1. The zero-order chi connectivity index (χ0) is 15.0. The monoisotopic (exact) mass is 295 g/mol. The highest BCUT2D eigenvalue weighted by molar-refractivity contribution is 7.98. The van der Waals surface area contributed by atoms with Crippen molar-refractivity contribution in [2.45, 2.75) is 25.4 Å². The van der Waals surface area contributed by atoms with Crippen LogP contribution in [0.5, 0.6) is 0 Å². The van der Waals surface area contributed by atoms with Gasteiger partial charge < -0.3 is 20.5 Å². The third kappa shape index (κ3) is 5.52. The number of thioether (sulfide) groups is 1. The molecule has 0 spiro atoms. The number of carbonyl (C=O) groups excluding carboxylic acids is 2. The minimum atomic E-state index is -1.26. The van der Waals surface area contributed by atoms with Crippen LogP contribution in [0.25, 0.3) is 0 Å². The fourth-order valence-corrected chi connectivity index (χ4v) is 2.18. The summed E-state index contributed by atoms with van der Waals surface area (Å²) in [6, 6.07) is 7.79. The summed E-state index contributed by atoms with van der Waals surface area (Å²) in [7, 11) is 0. The lowest BCUT2D eigenvalue weighted by atomic mass is 10.1. The molecule has 2 amide bonds. The maximum absolute atomic E-state index is 11.8. The van der Waals surface area contributed by atoms with Crippen LogP contribution in [0.4, 0.5) is 4.79 Å². The fourth-order valence-electron chi connectivity index (χ4n) is 1.71. The Bertz CT molecular complexity index is 439. The van der Waals surface area contributed by atoms with E-state index in [-0.39, 0.29) is 6.04 Å². The van der Waals surface area contributed by atoms with E-state index in [0.717, 1.165) is 5.56 Å². The van der Waals surface area contributed by atoms with Gasteiger partial charge in [0, 0.05) is 0 Å². The van der Waals surface area contributed by atoms with Gasteiger partial charge in [0.05, 0.1) is 18.1 Å². The zero-order valence-corrected chi connectivity index (χ0v) is 12.4. The summed E-state index contributed by atoms with van der Waals surface area (Å²) in [5, 5.41) is 16.1. The Hall–Kier alpha value is -1.69. The molecule has 0 fully saturated rings. The molecule has 0 aliphatic heterocycles. The third-order valence-electron chi connectivity index (χ3n) is 2.85. The highest BCUT2D eigenvalue weighted by atomic mass is 32.2. The van der Waals surface area contributed by atoms with Crippen molar-refractivity contribution in [2.24, 2.45) is 0 Å². The van der Waals surface area contributed by atoms with Gasteiger partial charge in [-0.25, -0.2) is 4.79 Å². The highest BCUT2D eigenvalue weighted by Gasteiger charge is 2.15. The molecule has 0 aliphatic rings. The summed E-state index contributed by atoms with van der Waals surface area (Å²) in [5.74, 6) is -0.616. The standard InChI is InChI=1S/C14H20N2O3S/c1-10(11-6-4-3-5-7-11)15-14(19)16-12(13(17)18)8-9-20-2/h3-7,10,12H,8-9H2,1-2H3,(H,17,18)(H2,15,16,19)/p-1/t10-,12+/m1/s1. The summed E-state index contributed by atoms with van der Waals surface area (Å²) in [6.45, 7) is 1.84. The summed E-state index contributed by atoms with van der Waals surface area (Å²) < 4.78 is 0. The molecule has 5 nitrogen and oxygen atoms in total. The Morgan fingerprint density at radius 1 is 1.25 bits per heavy atom. The van der Waals surface area contributed by atoms with E-state index < -0.39 is 18.0 Å². The second-order valence-corrected chi connectivity index (χ2v) is 5.39. The molecule has 0 bridgehead atoms. The first kappa shape index (κ1) is 16.4. The van der Waals surface area contributed by atoms with Gasteiger partial charge in [0.1, 0.15) is 0 Å². The van der Waals surface area contributed by atoms with E-state index >= 15 is 0 Å². The Labute approximate surface area is 123 Å². The Kier molecular flexibility index (Phi) is 6.93. The average molecular weight is 295 g/mol. The smallest absolute Gasteiger partial charge is 0.315 e. The van der Waals surface area contributed by atoms with Crippen LogP contribution in [0, 0.1) is 0 Å². The van der Waals surface area contributed by atoms with Crippen LogP contribution in [0.2, 0.25) is 0 Å². The number of aliphatic carboxylic acids is 1. The number of carboxylic acid groups (broad SMARTS) is 1. The quantitative estimate of drug-likeness (QED) is 0.783. The Morgan fingerprint density at radius 3 is 2.45 bits per heavy atom. The van der Waals surface area contributed by atoms with Gasteiger partial charge >= 0.3 is 6.03 Å². The SMILES string of the molecule is CSCC[C@H](NC(=O)N[C@H](C)c1ccccc1)C(=O)[O-]. The van der Waals surface area contributed by atoms with Gasteiger partial charge in [0.25, 0.3) is 0 Å². The van der Waals surface area contributed by atoms with Gasteiger partial charge in [-0.1, -0.05) is 30.3 Å². The van der Waals surface area contributed by atoms with Crippen molar-refractivity contribution in [3.05, 3.63) is 35.9 Å². The summed E-state index contributed by atoms with van der Waals surface area (Å²) >= 11 is 1.52. The van der Waals surface area contributed by atoms with E-state index in [4.69, 9.17) is 0 Å². The molecule has 110 valence electrons. The maximum atomic E-state index is 11.8. The topological polar surface area (TPSA) is 81.3 Å². The lowest BCUT2D eigenvalue weighted by Crippen LogP contribution is -2.51. The maximum Gasteiger partial charge on any atom is 0.315 e. The summed E-state index contributed by atoms with van der Waals surface area (Å²) in [4.78, 5) is 22.7. The first-order valence-corrected chi connectivity index (χ1v) is 7.75. The lowest BCUT2D eigenvalue weighted by Gasteiger charge is -2.21. The van der Waals surface area contributed by atoms with Crippen LogP contribution in [0.3, 0.4) is 0 Å². The molecule has 2 atom stereocenters. The van der Waals surface area contributed by atoms with Crippen molar-refractivity contribution < 1.29 is 14.7 Å². The number of amides is 2. The van der Waals surface area contributed by atoms with Crippen molar-refractivity contribution >= 4 is 23.8 Å². The van der Waals surface area contributed by atoms with Gasteiger partial charge in [0.15, 0.2) is 0 Å². The van der Waals surface area contributed by atoms with E-state index in [1.54, 1.807) is 0 Å². The molecule has 0 aliphatic carbocycles. The molecule has 20 heavy (non-hydrogen) atoms. The van der Waals surface area contributed by atoms with Gasteiger partial charge in [-0.15, -0.1) is 0 Å². The summed E-state index contributed by atoms with van der Waals surface area (Å²) in [6.07, 6.45) is 2.22. The zero-order valence-electron chi connectivity index (χ0n) is 11.6. The molecular formula is C14H19N2O3S-. The normalized spacial score (nSPS) is 13.3. The highest BCUT2D eigenvalue weighted by Crippen LogP contribution is 2.10. The number of carboxylic acids is 1. The second kappa shape index (κ2) is 8.47. The number of hydrogen-bond donors (Lipinski definition) is 2. The Morgan fingerprint density at radius 2 is 1.90 bits per heavy atom. The van der Waals surface area contributed by atoms with E-state index in [0.29, 0.717) is 12.2 Å². The van der Waals surface area contributed by atoms with Gasteiger partial charge in [-0.3, -0.25) is 0 Å². The van der Waals surface area contributed by atoms with Crippen LogP contribution in [-0.4, -0.2) is 30.1 Å². The van der Waals surface area contributed by atoms with E-state index in [9.17, 15) is 14.7 Å². The van der Waals surface area contributed by atoms with Crippen LogP contribution < -0.4 is 15.7 Å². The van der Waals surface area contributed by atoms with Crippen LogP contribution in [-0.2, 0) is 4.79 Å². The molecule has 0 unspecified atom stereocenters. The number of carbonyl (C=O) groups is 2. The minimum Gasteiger partial charge on any atom is -0.548 e. The molecule has 1 aromatic rings. The van der Waals surface area contributed by atoms with E-state index in [1.165, 1.54) is 11.8 Å². The van der Waals surface area contributed by atoms with E-state index in [2.05, 4.69) is 10.6 Å². The number of rotatable bonds is 7. The first-order valence-electron chi connectivity index (χ1n) is 6.36. The summed E-state index contributed by atoms with van der Waals surface area (Å²) in [5.41, 5.74) is 0.955. The molecule has 6 heteroatoms. The molecule has 0 aromatic heterocycles. The minimum absolute atomic E-state index is 0.195. The molecule has 1 rings (SSSR count). The van der Waals surface area contributed by atoms with Crippen molar-refractivity contribution in [3.63, 3.8) is 0 Å². The lowest BCUT2D eigenvalue weighted by molar-refractivity contribution is -0.308. The van der Waals surface area contributed by atoms with Gasteiger partial charge in [-0.05, 0) is 30.9 Å². The fraction of sp³-hybridized carbons (Fsp3) is 0.429. The van der Waals surface area contributed by atoms with Crippen molar-refractivity contribution in [3.8, 4) is 0 Å². The number of hydrogen-bond acceptors (Lipinski definition) is 4.